The average molecular weight is 409 g/mol. The molecular formula is C18H17ClN2O5S. The van der Waals surface area contributed by atoms with Gasteiger partial charge in [-0.1, -0.05) is 11.6 Å². The maximum absolute atomic E-state index is 12.0. The summed E-state index contributed by atoms with van der Waals surface area (Å²) in [5.41, 5.74) is 0.894. The lowest BCUT2D eigenvalue weighted by molar-refractivity contribution is -0.384. The molecule has 0 spiro atoms. The van der Waals surface area contributed by atoms with Gasteiger partial charge in [-0.15, -0.1) is 11.8 Å². The predicted octanol–water partition coefficient (Wildman–Crippen LogP) is 4.22. The summed E-state index contributed by atoms with van der Waals surface area (Å²) in [7, 11) is 0. The van der Waals surface area contributed by atoms with Crippen LogP contribution >= 0.6 is 23.4 Å². The number of carbonyl (C=O) groups excluding carboxylic acids is 2. The number of nitro benzene ring substituents is 1. The molecule has 142 valence electrons. The molecule has 0 heterocycles. The third kappa shape index (κ3) is 6.26. The standard InChI is InChI=1S/C18H17ClN2O5S/c1-11-9-14(21(24)25)5-8-16(11)20-17(22)10-26-18(23)12(2)27-15-6-3-13(19)4-7-15/h3-9,12H,10H2,1-2H3,(H,20,22)/t12-/m0/s1. The fourth-order valence-electron chi connectivity index (χ4n) is 2.11. The zero-order chi connectivity index (χ0) is 20.0. The van der Waals surface area contributed by atoms with Gasteiger partial charge in [0.1, 0.15) is 5.25 Å². The highest BCUT2D eigenvalue weighted by Gasteiger charge is 2.18. The number of esters is 1. The van der Waals surface area contributed by atoms with E-state index in [9.17, 15) is 19.7 Å². The van der Waals surface area contributed by atoms with Crippen LogP contribution in [0.1, 0.15) is 12.5 Å². The van der Waals surface area contributed by atoms with Crippen LogP contribution in [-0.4, -0.2) is 28.7 Å². The van der Waals surface area contributed by atoms with Gasteiger partial charge in [0.2, 0.25) is 0 Å². The van der Waals surface area contributed by atoms with Crippen LogP contribution in [0, 0.1) is 17.0 Å². The Balaban J connectivity index is 1.84. The molecule has 1 atom stereocenters. The van der Waals surface area contributed by atoms with Crippen molar-refractivity contribution in [1.29, 1.82) is 0 Å². The number of hydrogen-bond acceptors (Lipinski definition) is 6. The van der Waals surface area contributed by atoms with Crippen LogP contribution in [0.4, 0.5) is 11.4 Å². The summed E-state index contributed by atoms with van der Waals surface area (Å²) < 4.78 is 5.03. The Morgan fingerprint density at radius 3 is 2.52 bits per heavy atom. The van der Waals surface area contributed by atoms with Crippen LogP contribution in [0.25, 0.3) is 0 Å². The summed E-state index contributed by atoms with van der Waals surface area (Å²) in [6.45, 7) is 2.88. The first-order valence-corrected chi connectivity index (χ1v) is 9.16. The van der Waals surface area contributed by atoms with E-state index in [0.717, 1.165) is 4.90 Å². The molecule has 1 N–H and O–H groups in total. The molecule has 0 aromatic heterocycles. The minimum atomic E-state index is -0.524. The predicted molar refractivity (Wildman–Crippen MR) is 104 cm³/mol. The maximum atomic E-state index is 12.0. The molecule has 0 bridgehead atoms. The number of thioether (sulfide) groups is 1. The van der Waals surface area contributed by atoms with Crippen molar-refractivity contribution < 1.29 is 19.2 Å². The topological polar surface area (TPSA) is 98.5 Å². The van der Waals surface area contributed by atoms with E-state index >= 15 is 0 Å². The lowest BCUT2D eigenvalue weighted by atomic mass is 10.2. The first-order chi connectivity index (χ1) is 12.8. The molecule has 0 radical (unpaired) electrons. The Labute approximate surface area is 165 Å². The minimum absolute atomic E-state index is 0.0648. The second kappa shape index (κ2) is 9.38. The number of hydrogen-bond donors (Lipinski definition) is 1. The van der Waals surface area contributed by atoms with Crippen molar-refractivity contribution in [3.05, 3.63) is 63.2 Å². The van der Waals surface area contributed by atoms with Gasteiger partial charge in [0, 0.05) is 27.7 Å². The number of benzene rings is 2. The van der Waals surface area contributed by atoms with Crippen molar-refractivity contribution in [3.63, 3.8) is 0 Å². The Hall–Kier alpha value is -2.58. The van der Waals surface area contributed by atoms with Gasteiger partial charge in [0.15, 0.2) is 6.61 Å². The van der Waals surface area contributed by atoms with Crippen molar-refractivity contribution in [3.8, 4) is 0 Å². The van der Waals surface area contributed by atoms with Crippen molar-refractivity contribution in [1.82, 2.24) is 0 Å². The monoisotopic (exact) mass is 408 g/mol. The number of non-ortho nitro benzene ring substituents is 1. The van der Waals surface area contributed by atoms with Gasteiger partial charge in [0.25, 0.3) is 11.6 Å². The molecule has 2 rings (SSSR count). The molecule has 2 aromatic rings. The Morgan fingerprint density at radius 2 is 1.93 bits per heavy atom. The molecule has 0 aliphatic heterocycles. The highest BCUT2D eigenvalue weighted by atomic mass is 35.5. The van der Waals surface area contributed by atoms with Gasteiger partial charge in [-0.2, -0.15) is 0 Å². The summed E-state index contributed by atoms with van der Waals surface area (Å²) in [4.78, 5) is 35.1. The molecule has 0 saturated carbocycles. The largest absolute Gasteiger partial charge is 0.455 e. The lowest BCUT2D eigenvalue weighted by Gasteiger charge is -2.12. The van der Waals surface area contributed by atoms with E-state index in [1.54, 1.807) is 38.1 Å². The quantitative estimate of drug-likeness (QED) is 0.319. The number of aryl methyl sites for hydroxylation is 1. The molecule has 7 nitrogen and oxygen atoms in total. The molecule has 9 heteroatoms. The minimum Gasteiger partial charge on any atom is -0.455 e. The van der Waals surface area contributed by atoms with Crippen molar-refractivity contribution >= 4 is 46.6 Å². The van der Waals surface area contributed by atoms with E-state index in [1.165, 1.54) is 30.0 Å². The van der Waals surface area contributed by atoms with E-state index in [0.29, 0.717) is 16.3 Å². The number of halogens is 1. The van der Waals surface area contributed by atoms with Gasteiger partial charge in [-0.3, -0.25) is 19.7 Å². The van der Waals surface area contributed by atoms with Crippen molar-refractivity contribution in [2.45, 2.75) is 24.0 Å². The number of amides is 1. The number of nitrogens with one attached hydrogen (secondary N) is 1. The van der Waals surface area contributed by atoms with E-state index in [2.05, 4.69) is 5.32 Å². The third-order valence-corrected chi connectivity index (χ3v) is 4.84. The Bertz CT molecular complexity index is 857. The van der Waals surface area contributed by atoms with Crippen LogP contribution in [0.3, 0.4) is 0 Å². The van der Waals surface area contributed by atoms with E-state index < -0.39 is 28.7 Å². The van der Waals surface area contributed by atoms with Crippen LogP contribution in [0.2, 0.25) is 5.02 Å². The van der Waals surface area contributed by atoms with Gasteiger partial charge >= 0.3 is 5.97 Å². The number of nitrogens with zero attached hydrogens (tertiary/aromatic N) is 1. The SMILES string of the molecule is Cc1cc([N+](=O)[O-])ccc1NC(=O)COC(=O)[C@H](C)Sc1ccc(Cl)cc1. The second-order valence-corrected chi connectivity index (χ2v) is 7.48. The Kier molecular flexibility index (Phi) is 7.20. The van der Waals surface area contributed by atoms with Gasteiger partial charge in [-0.05, 0) is 49.7 Å². The van der Waals surface area contributed by atoms with Crippen molar-refractivity contribution in [2.75, 3.05) is 11.9 Å². The first kappa shape index (κ1) is 20.7. The summed E-state index contributed by atoms with van der Waals surface area (Å²) in [6, 6.07) is 11.1. The van der Waals surface area contributed by atoms with E-state index in [1.807, 2.05) is 0 Å². The van der Waals surface area contributed by atoms with Crippen molar-refractivity contribution in [2.24, 2.45) is 0 Å². The number of nitro groups is 1. The van der Waals surface area contributed by atoms with Crippen LogP contribution in [0.15, 0.2) is 47.4 Å². The molecule has 1 amide bonds. The molecule has 0 fully saturated rings. The van der Waals surface area contributed by atoms with E-state index in [-0.39, 0.29) is 5.69 Å². The van der Waals surface area contributed by atoms with Gasteiger partial charge in [-0.25, -0.2) is 0 Å². The molecule has 0 unspecified atom stereocenters. The molecule has 27 heavy (non-hydrogen) atoms. The van der Waals surface area contributed by atoms with Crippen LogP contribution in [-0.2, 0) is 14.3 Å². The normalized spacial score (nSPS) is 11.5. The second-order valence-electron chi connectivity index (χ2n) is 5.63. The third-order valence-electron chi connectivity index (χ3n) is 3.50. The van der Waals surface area contributed by atoms with Crippen LogP contribution in [0.5, 0.6) is 0 Å². The number of anilines is 1. The number of ether oxygens (including phenoxy) is 1. The molecular weight excluding hydrogens is 392 g/mol. The zero-order valence-electron chi connectivity index (χ0n) is 14.6. The van der Waals surface area contributed by atoms with Gasteiger partial charge in [0.05, 0.1) is 4.92 Å². The maximum Gasteiger partial charge on any atom is 0.319 e. The molecule has 2 aromatic carbocycles. The summed E-state index contributed by atoms with van der Waals surface area (Å²) >= 11 is 7.11. The summed E-state index contributed by atoms with van der Waals surface area (Å²) in [5.74, 6) is -1.05. The Morgan fingerprint density at radius 1 is 1.26 bits per heavy atom. The molecule has 0 aliphatic rings. The van der Waals surface area contributed by atoms with Crippen LogP contribution < -0.4 is 5.32 Å². The fraction of sp³-hybridized carbons (Fsp3) is 0.222. The number of carbonyl (C=O) groups is 2. The smallest absolute Gasteiger partial charge is 0.319 e. The molecule has 0 saturated heterocycles. The summed E-state index contributed by atoms with van der Waals surface area (Å²) in [6.07, 6.45) is 0. The average Bonchev–Trinajstić information content (AvgIpc) is 2.63. The van der Waals surface area contributed by atoms with E-state index in [4.69, 9.17) is 16.3 Å². The highest BCUT2D eigenvalue weighted by molar-refractivity contribution is 8.00. The fourth-order valence-corrected chi connectivity index (χ4v) is 3.10. The number of rotatable bonds is 7. The summed E-state index contributed by atoms with van der Waals surface area (Å²) in [5, 5.41) is 13.4. The molecule has 0 aliphatic carbocycles. The highest BCUT2D eigenvalue weighted by Crippen LogP contribution is 2.25. The lowest BCUT2D eigenvalue weighted by Crippen LogP contribution is -2.25. The van der Waals surface area contributed by atoms with Gasteiger partial charge < -0.3 is 10.1 Å². The first-order valence-electron chi connectivity index (χ1n) is 7.90. The zero-order valence-corrected chi connectivity index (χ0v) is 16.2.